The van der Waals surface area contributed by atoms with Gasteiger partial charge in [0.15, 0.2) is 0 Å². The predicted octanol–water partition coefficient (Wildman–Crippen LogP) is 1.84. The molecule has 0 saturated carbocycles. The number of hydrogen-bond donors (Lipinski definition) is 6. The van der Waals surface area contributed by atoms with Gasteiger partial charge in [-0.1, -0.05) is 24.3 Å². The van der Waals surface area contributed by atoms with E-state index in [0.29, 0.717) is 31.1 Å². The maximum Gasteiger partial charge on any atom is 0.343 e. The first-order valence-electron chi connectivity index (χ1n) is 20.8. The van der Waals surface area contributed by atoms with Crippen molar-refractivity contribution in [3.05, 3.63) is 119 Å². The van der Waals surface area contributed by atoms with E-state index in [0.717, 1.165) is 22.7 Å². The molecule has 8 N–H and O–H groups in total. The number of nitrogens with two attached hydrogens (primary N) is 2. The smallest absolute Gasteiger partial charge is 0.343 e. The van der Waals surface area contributed by atoms with E-state index in [1.807, 2.05) is 0 Å². The van der Waals surface area contributed by atoms with Crippen LogP contribution in [0.3, 0.4) is 0 Å². The molecule has 0 unspecified atom stereocenters. The molecule has 24 nitrogen and oxygen atoms in total. The van der Waals surface area contributed by atoms with Gasteiger partial charge < -0.3 is 50.8 Å². The molecule has 2 atom stereocenters. The highest BCUT2D eigenvalue weighted by molar-refractivity contribution is 7.87. The Bertz CT molecular complexity index is 2490. The highest BCUT2D eigenvalue weighted by Crippen LogP contribution is 2.22. The van der Waals surface area contributed by atoms with Gasteiger partial charge in [-0.2, -0.15) is 34.1 Å². The minimum Gasteiger partial charge on any atom is -0.481 e. The second-order valence-corrected chi connectivity index (χ2v) is 19.2. The monoisotopic (exact) mass is 1020 g/mol. The van der Waals surface area contributed by atoms with Crippen LogP contribution in [0, 0.1) is 0 Å². The normalized spacial score (nSPS) is 12.7. The van der Waals surface area contributed by atoms with Crippen LogP contribution in [-0.4, -0.2) is 156 Å². The molecule has 4 aromatic rings. The zero-order valence-corrected chi connectivity index (χ0v) is 39.4. The zero-order valence-electron chi connectivity index (χ0n) is 37.7. The second kappa shape index (κ2) is 25.5. The van der Waals surface area contributed by atoms with Gasteiger partial charge in [0.05, 0.1) is 50.4 Å². The summed E-state index contributed by atoms with van der Waals surface area (Å²) >= 11 is 0. The number of carbonyl (C=O) groups is 6. The van der Waals surface area contributed by atoms with E-state index in [2.05, 4.69) is 0 Å². The molecule has 0 radical (unpaired) electrons. The molecular weight excluding hydrogens is 965 g/mol. The standard InChI is InChI=1S/C44H52N6O18S2/c1-47(27-29-3-15-35(16-4-29)67-43(59)31-7-11-33(45)12-8-31)69(61,62)49(37(41(55)56)25-39(51)52)19-21-65-23-24-66-22-20-50(38(42(57)58)26-40(53)54)70(63,64)48(2)28-30-5-17-36(18-6-30)68-44(60)32-9-13-34(46)14-10-32/h3-18,37-38H,19-28,45-46H2,1-2H3,(H,51,52)(H,53,54)(H,55,56)(H,57,58)/t37-,38-/m0/s1. The summed E-state index contributed by atoms with van der Waals surface area (Å²) in [7, 11) is -7.15. The Labute approximate surface area is 402 Å². The van der Waals surface area contributed by atoms with Crippen molar-refractivity contribution in [1.29, 1.82) is 0 Å². The van der Waals surface area contributed by atoms with Crippen LogP contribution in [0.2, 0.25) is 0 Å². The number of benzene rings is 4. The molecule has 0 aliphatic carbocycles. The van der Waals surface area contributed by atoms with Gasteiger partial charge in [-0.3, -0.25) is 19.2 Å². The van der Waals surface area contributed by atoms with Gasteiger partial charge in [0.25, 0.3) is 20.4 Å². The zero-order chi connectivity index (χ0) is 51.8. The molecule has 70 heavy (non-hydrogen) atoms. The first kappa shape index (κ1) is 55.6. The molecule has 378 valence electrons. The van der Waals surface area contributed by atoms with Crippen LogP contribution in [0.25, 0.3) is 0 Å². The number of carboxylic acid groups (broad SMARTS) is 4. The lowest BCUT2D eigenvalue weighted by atomic mass is 10.2. The van der Waals surface area contributed by atoms with Gasteiger partial charge in [-0.05, 0) is 83.9 Å². The Balaban J connectivity index is 1.35. The average Bonchev–Trinajstić information content (AvgIpc) is 3.29. The van der Waals surface area contributed by atoms with Gasteiger partial charge >= 0.3 is 35.8 Å². The lowest BCUT2D eigenvalue weighted by molar-refractivity contribution is -0.148. The summed E-state index contributed by atoms with van der Waals surface area (Å²) in [6.45, 7) is -3.51. The second-order valence-electron chi connectivity index (χ2n) is 15.2. The fraction of sp³-hybridized carbons (Fsp3) is 0.318. The highest BCUT2D eigenvalue weighted by atomic mass is 32.2. The molecule has 0 aliphatic heterocycles. The van der Waals surface area contributed by atoms with E-state index in [1.165, 1.54) is 97.1 Å². The minimum atomic E-state index is -4.71. The molecule has 0 spiro atoms. The van der Waals surface area contributed by atoms with Crippen LogP contribution in [0.15, 0.2) is 97.1 Å². The van der Waals surface area contributed by atoms with Crippen molar-refractivity contribution in [1.82, 2.24) is 17.2 Å². The third-order valence-corrected chi connectivity index (χ3v) is 13.9. The number of ether oxygens (including phenoxy) is 4. The van der Waals surface area contributed by atoms with Crippen LogP contribution >= 0.6 is 0 Å². The summed E-state index contributed by atoms with van der Waals surface area (Å²) in [4.78, 5) is 72.7. The average molecular weight is 1020 g/mol. The highest BCUT2D eigenvalue weighted by Gasteiger charge is 2.40. The van der Waals surface area contributed by atoms with Gasteiger partial charge in [0.2, 0.25) is 0 Å². The van der Waals surface area contributed by atoms with Crippen molar-refractivity contribution in [2.45, 2.75) is 38.0 Å². The van der Waals surface area contributed by atoms with Crippen molar-refractivity contribution >= 4 is 67.6 Å². The first-order valence-corrected chi connectivity index (χ1v) is 23.6. The van der Waals surface area contributed by atoms with Gasteiger partial charge in [-0.25, -0.2) is 9.59 Å². The quantitative estimate of drug-likeness (QED) is 0.0196. The molecule has 0 bridgehead atoms. The summed E-state index contributed by atoms with van der Waals surface area (Å²) in [5.74, 6) is -7.79. The molecule has 0 amide bonds. The lowest BCUT2D eigenvalue weighted by Crippen LogP contribution is -2.52. The third kappa shape index (κ3) is 16.3. The van der Waals surface area contributed by atoms with Gasteiger partial charge in [-0.15, -0.1) is 0 Å². The number of carboxylic acids is 4. The van der Waals surface area contributed by atoms with E-state index < -0.39 is 107 Å². The summed E-state index contributed by atoms with van der Waals surface area (Å²) in [5.41, 5.74) is 13.4. The Hall–Kier alpha value is -7.04. The summed E-state index contributed by atoms with van der Waals surface area (Å²) in [5, 5.41) is 38.7. The van der Waals surface area contributed by atoms with Crippen molar-refractivity contribution in [2.75, 3.05) is 65.1 Å². The first-order chi connectivity index (χ1) is 33.0. The number of nitrogens with zero attached hydrogens (tertiary/aromatic N) is 4. The van der Waals surface area contributed by atoms with Crippen LogP contribution in [-0.2, 0) is 62.2 Å². The maximum absolute atomic E-state index is 13.8. The third-order valence-electron chi connectivity index (χ3n) is 10.0. The van der Waals surface area contributed by atoms with E-state index in [-0.39, 0.29) is 48.9 Å². The summed E-state index contributed by atoms with van der Waals surface area (Å²) < 4.78 is 79.3. The molecule has 0 saturated heterocycles. The Kier molecular flexibility index (Phi) is 20.3. The van der Waals surface area contributed by atoms with Crippen molar-refractivity contribution in [2.24, 2.45) is 0 Å². The van der Waals surface area contributed by atoms with Gasteiger partial charge in [0.1, 0.15) is 23.6 Å². The van der Waals surface area contributed by atoms with Crippen molar-refractivity contribution in [3.8, 4) is 11.5 Å². The number of esters is 2. The minimum absolute atomic E-state index is 0.137. The van der Waals surface area contributed by atoms with Crippen LogP contribution in [0.5, 0.6) is 11.5 Å². The number of carbonyl (C=O) groups excluding carboxylic acids is 2. The number of hydrogen-bond acceptors (Lipinski definition) is 16. The number of anilines is 2. The summed E-state index contributed by atoms with van der Waals surface area (Å²) in [6.07, 6.45) is -2.22. The Morgan fingerprint density at radius 2 is 0.814 bits per heavy atom. The lowest BCUT2D eigenvalue weighted by Gasteiger charge is -2.31. The molecule has 0 aromatic heterocycles. The fourth-order valence-corrected chi connectivity index (χ4v) is 9.31. The fourth-order valence-electron chi connectivity index (χ4n) is 6.38. The van der Waals surface area contributed by atoms with Crippen LogP contribution in [0.1, 0.15) is 44.7 Å². The molecule has 4 rings (SSSR count). The molecule has 0 heterocycles. The number of nitrogen functional groups attached to an aromatic ring is 2. The SMILES string of the molecule is CN(Cc1ccc(OC(=O)c2ccc(N)cc2)cc1)S(=O)(=O)N(CCOCCOCCN([C@@H](CC(=O)O)C(=O)O)S(=O)(=O)N(C)Cc1ccc(OC(=O)c2ccc(N)cc2)cc1)[C@@H](CC(=O)O)C(=O)O. The largest absolute Gasteiger partial charge is 0.481 e. The van der Waals surface area contributed by atoms with Gasteiger partial charge in [0, 0.05) is 51.6 Å². The van der Waals surface area contributed by atoms with Crippen molar-refractivity contribution in [3.63, 3.8) is 0 Å². The summed E-state index contributed by atoms with van der Waals surface area (Å²) in [6, 6.07) is 19.4. The van der Waals surface area contributed by atoms with E-state index in [1.54, 1.807) is 0 Å². The van der Waals surface area contributed by atoms with Crippen LogP contribution in [0.4, 0.5) is 11.4 Å². The number of rotatable bonds is 29. The Morgan fingerprint density at radius 1 is 0.500 bits per heavy atom. The predicted molar refractivity (Wildman–Crippen MR) is 248 cm³/mol. The number of aliphatic carboxylic acids is 4. The molecule has 4 aromatic carbocycles. The molecule has 0 fully saturated rings. The van der Waals surface area contributed by atoms with Crippen LogP contribution < -0.4 is 20.9 Å². The Morgan fingerprint density at radius 3 is 1.10 bits per heavy atom. The van der Waals surface area contributed by atoms with E-state index >= 15 is 0 Å². The van der Waals surface area contributed by atoms with Crippen molar-refractivity contribution < 1.29 is 85.0 Å². The van der Waals surface area contributed by atoms with E-state index in [9.17, 15) is 66.0 Å². The molecule has 26 heteroatoms. The maximum atomic E-state index is 13.8. The topological polar surface area (TPSA) is 354 Å². The molecular formula is C44H52N6O18S2. The molecule has 0 aliphatic rings. The van der Waals surface area contributed by atoms with E-state index in [4.69, 9.17) is 30.4 Å².